The molecule has 3 N–H and O–H groups in total. The van der Waals surface area contributed by atoms with E-state index >= 15 is 0 Å². The first kappa shape index (κ1) is 19.0. The minimum absolute atomic E-state index is 0.0347. The van der Waals surface area contributed by atoms with Crippen LogP contribution in [0, 0.1) is 5.92 Å². The molecule has 0 saturated heterocycles. The third-order valence-electron chi connectivity index (χ3n) is 4.43. The summed E-state index contributed by atoms with van der Waals surface area (Å²) < 4.78 is 32.8. The fourth-order valence-corrected chi connectivity index (χ4v) is 2.84. The molecule has 0 radical (unpaired) electrons. The maximum atomic E-state index is 12.7. The van der Waals surface area contributed by atoms with E-state index in [4.69, 9.17) is 13.6 Å². The van der Waals surface area contributed by atoms with Crippen LogP contribution >= 0.6 is 0 Å². The van der Waals surface area contributed by atoms with Gasteiger partial charge in [0.05, 0.1) is 18.5 Å². The van der Waals surface area contributed by atoms with E-state index in [0.29, 0.717) is 0 Å². The number of hydrogen-bond acceptors (Lipinski definition) is 8. The Kier molecular flexibility index (Phi) is 5.48. The quantitative estimate of drug-likeness (QED) is 0.556. The molecule has 0 atom stereocenters. The van der Waals surface area contributed by atoms with Gasteiger partial charge in [0.25, 0.3) is 5.91 Å². The minimum atomic E-state index is -2.76. The summed E-state index contributed by atoms with van der Waals surface area (Å²) in [5.74, 6) is -1.76. The molecule has 3 rings (SSSR count). The molecular formula is C22H27N5O5. The van der Waals surface area contributed by atoms with Gasteiger partial charge in [-0.15, -0.1) is 10.2 Å². The smallest absolute Gasteiger partial charge is 0.342 e. The summed E-state index contributed by atoms with van der Waals surface area (Å²) in [6.07, 6.45) is 1.55. The van der Waals surface area contributed by atoms with Crippen molar-refractivity contribution >= 4 is 35.0 Å². The summed E-state index contributed by atoms with van der Waals surface area (Å²) in [4.78, 5) is 37.5. The number of rotatable bonds is 7. The molecule has 2 amide bonds. The van der Waals surface area contributed by atoms with Crippen molar-refractivity contribution < 1.29 is 28.0 Å². The van der Waals surface area contributed by atoms with Crippen molar-refractivity contribution in [1.82, 2.24) is 15.5 Å². The number of carbonyl (C=O) groups is 3. The van der Waals surface area contributed by atoms with Crippen LogP contribution in [0.5, 0.6) is 5.75 Å². The second-order valence-electron chi connectivity index (χ2n) is 8.22. The van der Waals surface area contributed by atoms with Crippen molar-refractivity contribution in [2.45, 2.75) is 39.2 Å². The zero-order valence-corrected chi connectivity index (χ0v) is 18.2. The number of ether oxygens (including phenoxy) is 2. The molecule has 0 bridgehead atoms. The summed E-state index contributed by atoms with van der Waals surface area (Å²) >= 11 is 0. The number of esters is 1. The van der Waals surface area contributed by atoms with Gasteiger partial charge in [-0.05, 0) is 45.7 Å². The maximum absolute atomic E-state index is 12.7. The highest BCUT2D eigenvalue weighted by atomic mass is 16.6. The molecule has 10 nitrogen and oxygen atoms in total. The molecule has 1 aliphatic rings. The zero-order chi connectivity index (χ0) is 26.0. The van der Waals surface area contributed by atoms with Gasteiger partial charge >= 0.3 is 5.97 Å². The Balaban J connectivity index is 2.00. The molecule has 1 fully saturated rings. The Morgan fingerprint density at radius 3 is 2.53 bits per heavy atom. The summed E-state index contributed by atoms with van der Waals surface area (Å²) in [5, 5.41) is 15.1. The Morgan fingerprint density at radius 1 is 1.16 bits per heavy atom. The van der Waals surface area contributed by atoms with Crippen LogP contribution in [-0.4, -0.2) is 47.7 Å². The number of aromatic nitrogens is 2. The first-order valence-corrected chi connectivity index (χ1v) is 9.96. The maximum Gasteiger partial charge on any atom is 0.342 e. The molecule has 170 valence electrons. The van der Waals surface area contributed by atoms with Crippen molar-refractivity contribution in [2.24, 2.45) is 5.92 Å². The summed E-state index contributed by atoms with van der Waals surface area (Å²) in [6.45, 7) is 2.43. The first-order valence-electron chi connectivity index (χ1n) is 11.5. The average Bonchev–Trinajstić information content (AvgIpc) is 3.56. The van der Waals surface area contributed by atoms with E-state index in [1.54, 1.807) is 32.9 Å². The highest BCUT2D eigenvalue weighted by Crippen LogP contribution is 2.34. The number of anilines is 3. The lowest BCUT2D eigenvalue weighted by atomic mass is 10.1. The molecule has 32 heavy (non-hydrogen) atoms. The molecular weight excluding hydrogens is 414 g/mol. The Bertz CT molecular complexity index is 1140. The van der Waals surface area contributed by atoms with Gasteiger partial charge in [0.2, 0.25) is 5.91 Å². The first-order chi connectivity index (χ1) is 16.3. The SMILES string of the molecule is [2H]C([2H])([2H])NC(=O)c1nnc(NC(=O)C2CC2)cc1Nc1cccc(C(=O)OC(C)(C)C)c1OC. The van der Waals surface area contributed by atoms with Gasteiger partial charge in [-0.1, -0.05) is 6.07 Å². The van der Waals surface area contributed by atoms with Crippen LogP contribution < -0.4 is 20.7 Å². The fourth-order valence-electron chi connectivity index (χ4n) is 2.84. The van der Waals surface area contributed by atoms with Crippen molar-refractivity contribution in [3.8, 4) is 5.75 Å². The molecule has 2 aromatic rings. The van der Waals surface area contributed by atoms with Crippen molar-refractivity contribution in [3.63, 3.8) is 0 Å². The third-order valence-corrected chi connectivity index (χ3v) is 4.43. The van der Waals surface area contributed by atoms with E-state index in [1.807, 2.05) is 5.32 Å². The number of methoxy groups -OCH3 is 1. The van der Waals surface area contributed by atoms with E-state index in [2.05, 4.69) is 20.8 Å². The molecule has 1 aromatic carbocycles. The second kappa shape index (κ2) is 9.21. The summed E-state index contributed by atoms with van der Waals surface area (Å²) in [6, 6.07) is 6.03. The lowest BCUT2D eigenvalue weighted by molar-refractivity contribution is -0.117. The van der Waals surface area contributed by atoms with Crippen molar-refractivity contribution in [3.05, 3.63) is 35.5 Å². The van der Waals surface area contributed by atoms with Crippen LogP contribution in [0.2, 0.25) is 0 Å². The van der Waals surface area contributed by atoms with Crippen LogP contribution in [0.4, 0.5) is 17.2 Å². The molecule has 0 aliphatic heterocycles. The Labute approximate surface area is 190 Å². The van der Waals surface area contributed by atoms with E-state index < -0.39 is 24.5 Å². The number of carbonyl (C=O) groups excluding carboxylic acids is 3. The number of hydrogen-bond donors (Lipinski definition) is 3. The number of amides is 2. The zero-order valence-electron chi connectivity index (χ0n) is 21.2. The highest BCUT2D eigenvalue weighted by Gasteiger charge is 2.30. The van der Waals surface area contributed by atoms with Crippen LogP contribution in [0.25, 0.3) is 0 Å². The van der Waals surface area contributed by atoms with E-state index in [9.17, 15) is 14.4 Å². The number of para-hydroxylation sites is 1. The molecule has 1 heterocycles. The fraction of sp³-hybridized carbons (Fsp3) is 0.409. The highest BCUT2D eigenvalue weighted by molar-refractivity contribution is 6.01. The van der Waals surface area contributed by atoms with Crippen LogP contribution in [0.15, 0.2) is 24.3 Å². The van der Waals surface area contributed by atoms with Crippen molar-refractivity contribution in [1.29, 1.82) is 0 Å². The predicted octanol–water partition coefficient (Wildman–Crippen LogP) is 2.89. The largest absolute Gasteiger partial charge is 0.494 e. The predicted molar refractivity (Wildman–Crippen MR) is 118 cm³/mol. The van der Waals surface area contributed by atoms with Crippen LogP contribution in [0.3, 0.4) is 0 Å². The van der Waals surface area contributed by atoms with Gasteiger partial charge in [0.15, 0.2) is 17.3 Å². The molecule has 10 heteroatoms. The molecule has 0 spiro atoms. The van der Waals surface area contributed by atoms with Crippen LogP contribution in [-0.2, 0) is 9.53 Å². The van der Waals surface area contributed by atoms with Gasteiger partial charge in [-0.3, -0.25) is 9.59 Å². The standard InChI is InChI=1S/C22H27N5O5/c1-22(2,3)32-21(30)13-7-6-8-14(18(13)31-5)24-15-11-16(25-19(28)12-9-10-12)26-27-17(15)20(29)23-4/h6-8,11-12H,9-10H2,1-5H3,(H,23,29)(H2,24,25,26,28)/i4D3. The van der Waals surface area contributed by atoms with E-state index in [-0.39, 0.29) is 46.0 Å². The monoisotopic (exact) mass is 444 g/mol. The number of nitrogens with one attached hydrogen (secondary N) is 3. The summed E-state index contributed by atoms with van der Waals surface area (Å²) in [5.41, 5.74) is -0.644. The molecule has 1 aromatic heterocycles. The Hall–Kier alpha value is -3.69. The van der Waals surface area contributed by atoms with Crippen LogP contribution in [0.1, 0.15) is 58.6 Å². The topological polar surface area (TPSA) is 132 Å². The summed E-state index contributed by atoms with van der Waals surface area (Å²) in [7, 11) is 1.36. The average molecular weight is 445 g/mol. The normalized spacial score (nSPS) is 14.9. The molecule has 1 aliphatic carbocycles. The molecule has 1 saturated carbocycles. The van der Waals surface area contributed by atoms with Gasteiger partial charge in [-0.25, -0.2) is 4.79 Å². The van der Waals surface area contributed by atoms with Gasteiger partial charge in [0, 0.05) is 23.1 Å². The lowest BCUT2D eigenvalue weighted by Gasteiger charge is -2.21. The lowest BCUT2D eigenvalue weighted by Crippen LogP contribution is -2.24. The van der Waals surface area contributed by atoms with Gasteiger partial charge < -0.3 is 25.4 Å². The van der Waals surface area contributed by atoms with E-state index in [0.717, 1.165) is 12.8 Å². The number of benzene rings is 1. The third kappa shape index (κ3) is 5.51. The number of nitrogens with zero attached hydrogens (tertiary/aromatic N) is 2. The minimum Gasteiger partial charge on any atom is -0.494 e. The molecule has 0 unspecified atom stereocenters. The second-order valence-corrected chi connectivity index (χ2v) is 8.22. The van der Waals surface area contributed by atoms with E-state index in [1.165, 1.54) is 19.2 Å². The van der Waals surface area contributed by atoms with Gasteiger partial charge in [-0.2, -0.15) is 0 Å². The van der Waals surface area contributed by atoms with Gasteiger partial charge in [0.1, 0.15) is 11.2 Å². The Morgan fingerprint density at radius 2 is 1.91 bits per heavy atom. The van der Waals surface area contributed by atoms with Crippen molar-refractivity contribution in [2.75, 3.05) is 24.7 Å².